The standard InChI is InChI=1S/C11H16N2OS/c1-4-13(5-2)11(14)7-6-10-8-15-9(3)12-10/h6-8H,4-5H2,1-3H3/b7-6+. The number of amides is 1. The average molecular weight is 224 g/mol. The molecule has 0 radical (unpaired) electrons. The monoisotopic (exact) mass is 224 g/mol. The van der Waals surface area contributed by atoms with E-state index >= 15 is 0 Å². The summed E-state index contributed by atoms with van der Waals surface area (Å²) in [5.74, 6) is 0.0469. The minimum Gasteiger partial charge on any atom is -0.340 e. The van der Waals surface area contributed by atoms with Crippen molar-refractivity contribution in [1.82, 2.24) is 9.88 Å². The van der Waals surface area contributed by atoms with Gasteiger partial charge in [-0.05, 0) is 26.8 Å². The predicted octanol–water partition coefficient (Wildman–Crippen LogP) is 2.33. The van der Waals surface area contributed by atoms with Crippen LogP contribution in [0.25, 0.3) is 6.08 Å². The van der Waals surface area contributed by atoms with Gasteiger partial charge in [-0.25, -0.2) is 4.98 Å². The van der Waals surface area contributed by atoms with Crippen molar-refractivity contribution in [2.75, 3.05) is 13.1 Å². The third-order valence-electron chi connectivity index (χ3n) is 2.11. The molecular weight excluding hydrogens is 208 g/mol. The molecule has 0 aliphatic rings. The van der Waals surface area contributed by atoms with Crippen LogP contribution < -0.4 is 0 Å². The summed E-state index contributed by atoms with van der Waals surface area (Å²) in [4.78, 5) is 17.6. The second kappa shape index (κ2) is 5.66. The van der Waals surface area contributed by atoms with E-state index in [4.69, 9.17) is 0 Å². The molecule has 1 heterocycles. The molecule has 1 aromatic rings. The summed E-state index contributed by atoms with van der Waals surface area (Å²) in [5, 5.41) is 2.96. The SMILES string of the molecule is CCN(CC)C(=O)/C=C/c1csc(C)n1. The summed E-state index contributed by atoms with van der Waals surface area (Å²) in [5.41, 5.74) is 0.859. The summed E-state index contributed by atoms with van der Waals surface area (Å²) in [6, 6.07) is 0. The zero-order valence-corrected chi connectivity index (χ0v) is 10.2. The van der Waals surface area contributed by atoms with Gasteiger partial charge in [-0.3, -0.25) is 4.79 Å². The van der Waals surface area contributed by atoms with Gasteiger partial charge in [0.05, 0.1) is 10.7 Å². The number of thiazole rings is 1. The molecule has 0 saturated heterocycles. The zero-order valence-electron chi connectivity index (χ0n) is 9.36. The zero-order chi connectivity index (χ0) is 11.3. The topological polar surface area (TPSA) is 33.2 Å². The van der Waals surface area contributed by atoms with Crippen LogP contribution in [0.5, 0.6) is 0 Å². The fourth-order valence-corrected chi connectivity index (χ4v) is 1.83. The van der Waals surface area contributed by atoms with E-state index in [-0.39, 0.29) is 5.91 Å². The summed E-state index contributed by atoms with van der Waals surface area (Å²) in [7, 11) is 0. The maximum atomic E-state index is 11.6. The first-order chi connectivity index (χ1) is 7.17. The molecule has 0 fully saturated rings. The maximum absolute atomic E-state index is 11.6. The molecule has 0 bridgehead atoms. The molecule has 1 amide bonds. The van der Waals surface area contributed by atoms with Gasteiger partial charge in [0, 0.05) is 24.5 Å². The van der Waals surface area contributed by atoms with Crippen molar-refractivity contribution in [3.8, 4) is 0 Å². The van der Waals surface area contributed by atoms with E-state index in [2.05, 4.69) is 4.98 Å². The number of nitrogens with zero attached hydrogens (tertiary/aromatic N) is 2. The van der Waals surface area contributed by atoms with Gasteiger partial charge in [0.15, 0.2) is 0 Å². The molecule has 0 atom stereocenters. The molecule has 0 aliphatic carbocycles. The highest BCUT2D eigenvalue weighted by molar-refractivity contribution is 7.09. The molecule has 0 aliphatic heterocycles. The lowest BCUT2D eigenvalue weighted by Crippen LogP contribution is -2.28. The van der Waals surface area contributed by atoms with Crippen LogP contribution in [0.2, 0.25) is 0 Å². The molecule has 1 rings (SSSR count). The van der Waals surface area contributed by atoms with Gasteiger partial charge < -0.3 is 4.90 Å². The molecular formula is C11H16N2OS. The number of hydrogen-bond acceptors (Lipinski definition) is 3. The smallest absolute Gasteiger partial charge is 0.246 e. The van der Waals surface area contributed by atoms with Crippen LogP contribution in [0, 0.1) is 6.92 Å². The second-order valence-corrected chi connectivity index (χ2v) is 4.20. The molecule has 82 valence electrons. The molecule has 4 heteroatoms. The summed E-state index contributed by atoms with van der Waals surface area (Å²) in [6.07, 6.45) is 3.35. The van der Waals surface area contributed by atoms with Crippen LogP contribution in [0.3, 0.4) is 0 Å². The Morgan fingerprint density at radius 3 is 2.67 bits per heavy atom. The van der Waals surface area contributed by atoms with Crippen molar-refractivity contribution >= 4 is 23.3 Å². The van der Waals surface area contributed by atoms with Gasteiger partial charge in [0.25, 0.3) is 0 Å². The number of likely N-dealkylation sites (N-methyl/N-ethyl adjacent to an activating group) is 1. The molecule has 3 nitrogen and oxygen atoms in total. The third-order valence-corrected chi connectivity index (χ3v) is 2.90. The molecule has 0 aromatic carbocycles. The number of aryl methyl sites for hydroxylation is 1. The minimum atomic E-state index is 0.0469. The highest BCUT2D eigenvalue weighted by Gasteiger charge is 2.04. The van der Waals surface area contributed by atoms with Gasteiger partial charge >= 0.3 is 0 Å². The molecule has 0 N–H and O–H groups in total. The Balaban J connectivity index is 2.61. The van der Waals surface area contributed by atoms with Gasteiger partial charge in [-0.15, -0.1) is 11.3 Å². The number of aromatic nitrogens is 1. The molecule has 0 spiro atoms. The van der Waals surface area contributed by atoms with Gasteiger partial charge in [0.2, 0.25) is 5.91 Å². The fourth-order valence-electron chi connectivity index (χ4n) is 1.25. The van der Waals surface area contributed by atoms with Gasteiger partial charge in [0.1, 0.15) is 0 Å². The molecule has 0 saturated carbocycles. The second-order valence-electron chi connectivity index (χ2n) is 3.14. The lowest BCUT2D eigenvalue weighted by Gasteiger charge is -2.15. The fraction of sp³-hybridized carbons (Fsp3) is 0.455. The molecule has 15 heavy (non-hydrogen) atoms. The number of hydrogen-bond donors (Lipinski definition) is 0. The normalized spacial score (nSPS) is 10.9. The minimum absolute atomic E-state index is 0.0469. The molecule has 1 aromatic heterocycles. The van der Waals surface area contributed by atoms with E-state index in [1.54, 1.807) is 28.4 Å². The highest BCUT2D eigenvalue weighted by atomic mass is 32.1. The van der Waals surface area contributed by atoms with E-state index in [0.717, 1.165) is 23.8 Å². The van der Waals surface area contributed by atoms with Crippen molar-refractivity contribution in [3.63, 3.8) is 0 Å². The van der Waals surface area contributed by atoms with Crippen LogP contribution in [-0.2, 0) is 4.79 Å². The van der Waals surface area contributed by atoms with Crippen molar-refractivity contribution in [1.29, 1.82) is 0 Å². The van der Waals surface area contributed by atoms with Crippen molar-refractivity contribution < 1.29 is 4.79 Å². The van der Waals surface area contributed by atoms with E-state index < -0.39 is 0 Å². The Hall–Kier alpha value is -1.16. The highest BCUT2D eigenvalue weighted by Crippen LogP contribution is 2.09. The van der Waals surface area contributed by atoms with Crippen molar-refractivity contribution in [2.24, 2.45) is 0 Å². The Morgan fingerprint density at radius 1 is 1.53 bits per heavy atom. The van der Waals surface area contributed by atoms with Crippen molar-refractivity contribution in [2.45, 2.75) is 20.8 Å². The van der Waals surface area contributed by atoms with E-state index in [9.17, 15) is 4.79 Å². The van der Waals surface area contributed by atoms with Crippen molar-refractivity contribution in [3.05, 3.63) is 22.2 Å². The Kier molecular flexibility index (Phi) is 4.49. The van der Waals surface area contributed by atoms with Crippen LogP contribution in [0.15, 0.2) is 11.5 Å². The van der Waals surface area contributed by atoms with Crippen LogP contribution in [0.4, 0.5) is 0 Å². The van der Waals surface area contributed by atoms with Crippen LogP contribution >= 0.6 is 11.3 Å². The number of carbonyl (C=O) groups is 1. The first kappa shape index (κ1) is 11.9. The largest absolute Gasteiger partial charge is 0.340 e. The quantitative estimate of drug-likeness (QED) is 0.735. The Labute approximate surface area is 94.4 Å². The first-order valence-electron chi connectivity index (χ1n) is 5.06. The third kappa shape index (κ3) is 3.47. The molecule has 0 unspecified atom stereocenters. The van der Waals surface area contributed by atoms with E-state index in [0.29, 0.717) is 0 Å². The Bertz CT molecular complexity index is 353. The first-order valence-corrected chi connectivity index (χ1v) is 5.94. The average Bonchev–Trinajstić information content (AvgIpc) is 2.63. The lowest BCUT2D eigenvalue weighted by atomic mass is 10.3. The summed E-state index contributed by atoms with van der Waals surface area (Å²) >= 11 is 1.59. The summed E-state index contributed by atoms with van der Waals surface area (Å²) < 4.78 is 0. The Morgan fingerprint density at radius 2 is 2.20 bits per heavy atom. The van der Waals surface area contributed by atoms with E-state index in [1.807, 2.05) is 26.2 Å². The maximum Gasteiger partial charge on any atom is 0.246 e. The number of carbonyl (C=O) groups excluding carboxylic acids is 1. The summed E-state index contributed by atoms with van der Waals surface area (Å²) in [6.45, 7) is 7.39. The lowest BCUT2D eigenvalue weighted by molar-refractivity contribution is -0.125. The van der Waals surface area contributed by atoms with Gasteiger partial charge in [-0.1, -0.05) is 0 Å². The van der Waals surface area contributed by atoms with E-state index in [1.165, 1.54) is 0 Å². The predicted molar refractivity (Wildman–Crippen MR) is 63.8 cm³/mol. The van der Waals surface area contributed by atoms with Gasteiger partial charge in [-0.2, -0.15) is 0 Å². The number of rotatable bonds is 4. The van der Waals surface area contributed by atoms with Crippen LogP contribution in [-0.4, -0.2) is 28.9 Å². The van der Waals surface area contributed by atoms with Crippen LogP contribution in [0.1, 0.15) is 24.5 Å².